The molecule has 3 nitrogen and oxygen atoms in total. The summed E-state index contributed by atoms with van der Waals surface area (Å²) in [4.78, 5) is 0. The Morgan fingerprint density at radius 1 is 1.40 bits per heavy atom. The molecule has 0 spiro atoms. The predicted molar refractivity (Wildman–Crippen MR) is 56.9 cm³/mol. The van der Waals surface area contributed by atoms with Crippen molar-refractivity contribution in [2.45, 2.75) is 25.6 Å². The molecule has 1 heterocycles. The van der Waals surface area contributed by atoms with Crippen LogP contribution in [0.4, 0.5) is 0 Å². The van der Waals surface area contributed by atoms with Crippen molar-refractivity contribution >= 4 is 0 Å². The van der Waals surface area contributed by atoms with Crippen LogP contribution < -0.4 is 4.74 Å². The minimum atomic E-state index is -0.794. The Bertz CT molecular complexity index is 320. The molecule has 1 aromatic rings. The summed E-state index contributed by atoms with van der Waals surface area (Å²) in [5.74, 6) is 0.818. The van der Waals surface area contributed by atoms with Crippen LogP contribution in [0, 0.1) is 0 Å². The maximum Gasteiger partial charge on any atom is 0.119 e. The Hall–Kier alpha value is -1.06. The summed E-state index contributed by atoms with van der Waals surface area (Å²) >= 11 is 0. The van der Waals surface area contributed by atoms with Crippen molar-refractivity contribution < 1.29 is 14.6 Å². The summed E-state index contributed by atoms with van der Waals surface area (Å²) in [6.45, 7) is 4.95. The highest BCUT2D eigenvalue weighted by molar-refractivity contribution is 5.30. The monoisotopic (exact) mass is 208 g/mol. The van der Waals surface area contributed by atoms with Gasteiger partial charge in [0, 0.05) is 0 Å². The van der Waals surface area contributed by atoms with Gasteiger partial charge in [0.1, 0.15) is 18.5 Å². The zero-order valence-electron chi connectivity index (χ0n) is 9.06. The van der Waals surface area contributed by atoms with Gasteiger partial charge in [0.2, 0.25) is 0 Å². The number of aliphatic hydroxyl groups is 1. The molecule has 3 heteroatoms. The van der Waals surface area contributed by atoms with Crippen molar-refractivity contribution in [3.8, 4) is 5.75 Å². The van der Waals surface area contributed by atoms with Gasteiger partial charge in [-0.2, -0.15) is 0 Å². The molecule has 1 aromatic carbocycles. The van der Waals surface area contributed by atoms with Crippen molar-refractivity contribution in [3.05, 3.63) is 29.8 Å². The highest BCUT2D eigenvalue weighted by Gasteiger charge is 2.23. The quantitative estimate of drug-likeness (QED) is 0.766. The smallest absolute Gasteiger partial charge is 0.119 e. The normalized spacial score (nSPS) is 20.1. The van der Waals surface area contributed by atoms with Gasteiger partial charge in [-0.3, -0.25) is 0 Å². The lowest BCUT2D eigenvalue weighted by molar-refractivity contribution is 0.0785. The molecule has 1 N–H and O–H groups in total. The molecule has 0 aliphatic carbocycles. The van der Waals surface area contributed by atoms with E-state index in [9.17, 15) is 5.11 Å². The van der Waals surface area contributed by atoms with Crippen LogP contribution in [-0.2, 0) is 10.3 Å². The lowest BCUT2D eigenvalue weighted by Gasteiger charge is -2.17. The summed E-state index contributed by atoms with van der Waals surface area (Å²) < 4.78 is 10.5. The van der Waals surface area contributed by atoms with Gasteiger partial charge in [-0.1, -0.05) is 12.1 Å². The minimum absolute atomic E-state index is 0.277. The molecule has 0 amide bonds. The van der Waals surface area contributed by atoms with Crippen LogP contribution in [0.3, 0.4) is 0 Å². The summed E-state index contributed by atoms with van der Waals surface area (Å²) in [7, 11) is 0. The molecular formula is C12H16O3. The van der Waals surface area contributed by atoms with E-state index in [1.54, 1.807) is 13.8 Å². The van der Waals surface area contributed by atoms with Gasteiger partial charge in [0.05, 0.1) is 12.2 Å². The number of hydrogen-bond donors (Lipinski definition) is 1. The topological polar surface area (TPSA) is 42.0 Å². The minimum Gasteiger partial charge on any atom is -0.491 e. The molecule has 1 fully saturated rings. The van der Waals surface area contributed by atoms with Gasteiger partial charge >= 0.3 is 0 Å². The molecule has 0 aromatic heterocycles. The van der Waals surface area contributed by atoms with Gasteiger partial charge in [0.15, 0.2) is 0 Å². The van der Waals surface area contributed by atoms with Crippen molar-refractivity contribution in [1.82, 2.24) is 0 Å². The molecule has 1 unspecified atom stereocenters. The van der Waals surface area contributed by atoms with Crippen LogP contribution in [0.5, 0.6) is 5.75 Å². The van der Waals surface area contributed by atoms with Crippen molar-refractivity contribution in [3.63, 3.8) is 0 Å². The van der Waals surface area contributed by atoms with Crippen molar-refractivity contribution in [1.29, 1.82) is 0 Å². The summed E-state index contributed by atoms with van der Waals surface area (Å²) in [6, 6.07) is 7.50. The van der Waals surface area contributed by atoms with Gasteiger partial charge in [-0.05, 0) is 31.5 Å². The van der Waals surface area contributed by atoms with Crippen LogP contribution in [0.2, 0.25) is 0 Å². The molecule has 1 atom stereocenters. The fourth-order valence-corrected chi connectivity index (χ4v) is 1.31. The number of benzene rings is 1. The molecule has 0 bridgehead atoms. The molecule has 1 aliphatic heterocycles. The first-order chi connectivity index (χ1) is 7.05. The van der Waals surface area contributed by atoms with Crippen LogP contribution >= 0.6 is 0 Å². The molecule has 0 radical (unpaired) electrons. The molecule has 0 saturated carbocycles. The van der Waals surface area contributed by atoms with E-state index in [0.29, 0.717) is 6.61 Å². The van der Waals surface area contributed by atoms with Gasteiger partial charge in [-0.25, -0.2) is 0 Å². The fourth-order valence-electron chi connectivity index (χ4n) is 1.31. The Morgan fingerprint density at radius 2 is 2.00 bits per heavy atom. The first kappa shape index (κ1) is 10.5. The van der Waals surface area contributed by atoms with E-state index in [-0.39, 0.29) is 6.10 Å². The predicted octanol–water partition coefficient (Wildman–Crippen LogP) is 1.69. The van der Waals surface area contributed by atoms with Crippen LogP contribution in [0.15, 0.2) is 24.3 Å². The van der Waals surface area contributed by atoms with E-state index in [4.69, 9.17) is 9.47 Å². The average Bonchev–Trinajstić information content (AvgIpc) is 2.97. The summed E-state index contributed by atoms with van der Waals surface area (Å²) in [5.41, 5.74) is 0.0931. The maximum atomic E-state index is 9.75. The van der Waals surface area contributed by atoms with Crippen molar-refractivity contribution in [2.24, 2.45) is 0 Å². The highest BCUT2D eigenvalue weighted by atomic mass is 16.6. The van der Waals surface area contributed by atoms with Crippen LogP contribution in [-0.4, -0.2) is 24.4 Å². The molecule has 1 aliphatic rings. The van der Waals surface area contributed by atoms with Gasteiger partial charge in [0.25, 0.3) is 0 Å². The zero-order chi connectivity index (χ0) is 10.9. The second kappa shape index (κ2) is 3.83. The Morgan fingerprint density at radius 3 is 2.47 bits per heavy atom. The molecule has 82 valence electrons. The first-order valence-corrected chi connectivity index (χ1v) is 5.13. The molecule has 1 saturated heterocycles. The Kier molecular flexibility index (Phi) is 2.67. The van der Waals surface area contributed by atoms with E-state index in [2.05, 4.69) is 0 Å². The third kappa shape index (κ3) is 2.94. The van der Waals surface area contributed by atoms with Crippen LogP contribution in [0.25, 0.3) is 0 Å². The highest BCUT2D eigenvalue weighted by Crippen LogP contribution is 2.22. The standard InChI is InChI=1S/C12H16O3/c1-12(2,13)9-3-5-10(6-4-9)14-7-11-8-15-11/h3-6,11,13H,7-8H2,1-2H3. The zero-order valence-corrected chi connectivity index (χ0v) is 9.06. The number of ether oxygens (including phenoxy) is 2. The third-order valence-corrected chi connectivity index (χ3v) is 2.40. The maximum absolute atomic E-state index is 9.75. The Balaban J connectivity index is 1.96. The summed E-state index contributed by atoms with van der Waals surface area (Å²) in [5, 5.41) is 9.75. The van der Waals surface area contributed by atoms with Crippen molar-refractivity contribution in [2.75, 3.05) is 13.2 Å². The Labute approximate surface area is 89.6 Å². The van der Waals surface area contributed by atoms with E-state index in [0.717, 1.165) is 17.9 Å². The van der Waals surface area contributed by atoms with Crippen LogP contribution in [0.1, 0.15) is 19.4 Å². The number of rotatable bonds is 4. The van der Waals surface area contributed by atoms with Gasteiger partial charge in [-0.15, -0.1) is 0 Å². The number of epoxide rings is 1. The third-order valence-electron chi connectivity index (χ3n) is 2.40. The second-order valence-corrected chi connectivity index (χ2v) is 4.35. The summed E-state index contributed by atoms with van der Waals surface area (Å²) in [6.07, 6.45) is 0.277. The average molecular weight is 208 g/mol. The van der Waals surface area contributed by atoms with E-state index in [1.807, 2.05) is 24.3 Å². The molecule has 15 heavy (non-hydrogen) atoms. The fraction of sp³-hybridized carbons (Fsp3) is 0.500. The first-order valence-electron chi connectivity index (χ1n) is 5.13. The van der Waals surface area contributed by atoms with Gasteiger partial charge < -0.3 is 14.6 Å². The van der Waals surface area contributed by atoms with E-state index in [1.165, 1.54) is 0 Å². The molecule has 2 rings (SSSR count). The lowest BCUT2D eigenvalue weighted by atomic mass is 9.99. The largest absolute Gasteiger partial charge is 0.491 e. The number of hydrogen-bond acceptors (Lipinski definition) is 3. The van der Waals surface area contributed by atoms with E-state index < -0.39 is 5.60 Å². The second-order valence-electron chi connectivity index (χ2n) is 4.35. The van der Waals surface area contributed by atoms with E-state index >= 15 is 0 Å². The molecular weight excluding hydrogens is 192 g/mol. The lowest BCUT2D eigenvalue weighted by Crippen LogP contribution is -2.15. The SMILES string of the molecule is CC(C)(O)c1ccc(OCC2CO2)cc1.